The Balaban J connectivity index is 1.78. The predicted octanol–water partition coefficient (Wildman–Crippen LogP) is 3.55. The topological polar surface area (TPSA) is 54.0 Å². The van der Waals surface area contributed by atoms with E-state index in [-0.39, 0.29) is 11.6 Å². The second-order valence-electron chi connectivity index (χ2n) is 8.44. The average molecular weight is 400 g/mol. The highest BCUT2D eigenvalue weighted by molar-refractivity contribution is 5.83. The van der Waals surface area contributed by atoms with Gasteiger partial charge in [0.15, 0.2) is 0 Å². The molecule has 0 radical (unpaired) electrons. The smallest absolute Gasteiger partial charge is 0.325 e. The van der Waals surface area contributed by atoms with E-state index in [4.69, 9.17) is 9.47 Å². The lowest BCUT2D eigenvalue weighted by Crippen LogP contribution is -2.52. The second kappa shape index (κ2) is 7.90. The normalized spacial score (nSPS) is 28.5. The van der Waals surface area contributed by atoms with E-state index in [0.717, 1.165) is 56.8 Å². The molecule has 0 aromatic carbocycles. The molecule has 0 bridgehead atoms. The van der Waals surface area contributed by atoms with Gasteiger partial charge >= 0.3 is 6.03 Å². The fourth-order valence-electron chi connectivity index (χ4n) is 5.39. The molecule has 6 nitrogen and oxygen atoms in total. The van der Waals surface area contributed by atoms with E-state index < -0.39 is 0 Å². The Morgan fingerprint density at radius 2 is 2.00 bits per heavy atom. The molecular weight excluding hydrogens is 366 g/mol. The molecule has 0 aromatic heterocycles. The third-order valence-electron chi connectivity index (χ3n) is 6.81. The number of carbonyl (C=O) groups is 1. The van der Waals surface area contributed by atoms with Crippen LogP contribution in [0, 0.1) is 5.92 Å². The fourth-order valence-corrected chi connectivity index (χ4v) is 5.39. The zero-order valence-corrected chi connectivity index (χ0v) is 18.1. The van der Waals surface area contributed by atoms with Gasteiger partial charge in [0.05, 0.1) is 19.8 Å². The first kappa shape index (κ1) is 20.1. The number of amides is 2. The summed E-state index contributed by atoms with van der Waals surface area (Å²) in [5, 5.41) is 3.47. The lowest BCUT2D eigenvalue weighted by molar-refractivity contribution is 0.141. The van der Waals surface area contributed by atoms with Crippen molar-refractivity contribution in [2.45, 2.75) is 45.1 Å². The number of hydrogen-bond donors (Lipinski definition) is 1. The highest BCUT2D eigenvalue weighted by Gasteiger charge is 2.53. The molecule has 0 aromatic rings. The molecule has 1 spiro atoms. The second-order valence-corrected chi connectivity index (χ2v) is 8.44. The van der Waals surface area contributed by atoms with Gasteiger partial charge in [-0.15, -0.1) is 0 Å². The van der Waals surface area contributed by atoms with Crippen LogP contribution in [0.15, 0.2) is 46.6 Å². The number of carbonyl (C=O) groups excluding carboxylic acids is 1. The first-order valence-corrected chi connectivity index (χ1v) is 10.8. The van der Waals surface area contributed by atoms with Gasteiger partial charge in [-0.05, 0) is 68.8 Å². The SMILES string of the molecule is CCN1C(=O)N2CC3=C(C[C@@H](C)/C=C\2C12CCNCC2)C(OC)=CC(OC)=CC3. The monoisotopic (exact) mass is 399 g/mol. The molecule has 3 aliphatic heterocycles. The highest BCUT2D eigenvalue weighted by atomic mass is 16.5. The van der Waals surface area contributed by atoms with E-state index in [1.54, 1.807) is 14.2 Å². The van der Waals surface area contributed by atoms with Crippen molar-refractivity contribution in [3.05, 3.63) is 46.6 Å². The quantitative estimate of drug-likeness (QED) is 0.789. The van der Waals surface area contributed by atoms with Gasteiger partial charge in [0.25, 0.3) is 0 Å². The molecule has 6 heteroatoms. The van der Waals surface area contributed by atoms with Crippen LogP contribution in [0.1, 0.15) is 39.5 Å². The van der Waals surface area contributed by atoms with Crippen molar-refractivity contribution in [2.75, 3.05) is 40.4 Å². The standard InChI is InChI=1S/C23H33N3O3/c1-5-26-22(27)25-15-17-6-7-18(28-3)14-20(29-4)19(17)12-16(2)13-21(25)23(26)8-10-24-11-9-23/h7,13-14,16,24H,5-6,8-12,15H2,1-4H3/b21-13-/t16-/m1/s1. The molecule has 1 N–H and O–H groups in total. The summed E-state index contributed by atoms with van der Waals surface area (Å²) >= 11 is 0. The number of nitrogens with zero attached hydrogens (tertiary/aromatic N) is 2. The fraction of sp³-hybridized carbons (Fsp3) is 0.609. The molecule has 1 aliphatic carbocycles. The van der Waals surface area contributed by atoms with Crippen LogP contribution in [0.3, 0.4) is 0 Å². The predicted molar refractivity (Wildman–Crippen MR) is 113 cm³/mol. The van der Waals surface area contributed by atoms with Crippen molar-refractivity contribution in [2.24, 2.45) is 5.92 Å². The lowest BCUT2D eigenvalue weighted by atomic mass is 9.81. The molecule has 1 atom stereocenters. The van der Waals surface area contributed by atoms with Crippen molar-refractivity contribution in [1.29, 1.82) is 0 Å². The molecule has 4 rings (SSSR count). The number of piperidine rings is 1. The molecule has 158 valence electrons. The summed E-state index contributed by atoms with van der Waals surface area (Å²) in [5.74, 6) is 1.98. The Bertz CT molecular complexity index is 802. The number of likely N-dealkylation sites (N-methyl/N-ethyl adjacent to an activating group) is 1. The largest absolute Gasteiger partial charge is 0.497 e. The lowest BCUT2D eigenvalue weighted by Gasteiger charge is -2.41. The average Bonchev–Trinajstić information content (AvgIpc) is 2.83. The number of hydrogen-bond acceptors (Lipinski definition) is 4. The number of fused-ring (bicyclic) bond motifs is 2. The zero-order chi connectivity index (χ0) is 20.6. The van der Waals surface area contributed by atoms with Gasteiger partial charge < -0.3 is 19.7 Å². The first-order valence-electron chi connectivity index (χ1n) is 10.8. The zero-order valence-electron chi connectivity index (χ0n) is 18.1. The third-order valence-corrected chi connectivity index (χ3v) is 6.81. The number of urea groups is 1. The van der Waals surface area contributed by atoms with Crippen LogP contribution in [0.2, 0.25) is 0 Å². The summed E-state index contributed by atoms with van der Waals surface area (Å²) in [6.07, 6.45) is 10.0. The summed E-state index contributed by atoms with van der Waals surface area (Å²) in [5.41, 5.74) is 3.51. The van der Waals surface area contributed by atoms with E-state index in [0.29, 0.717) is 12.5 Å². The Kier molecular flexibility index (Phi) is 5.47. The van der Waals surface area contributed by atoms with Crippen molar-refractivity contribution in [3.8, 4) is 0 Å². The minimum atomic E-state index is -0.165. The molecule has 3 heterocycles. The van der Waals surface area contributed by atoms with E-state index in [1.807, 2.05) is 11.0 Å². The summed E-state index contributed by atoms with van der Waals surface area (Å²) in [6.45, 7) is 7.61. The Hall–Kier alpha value is -2.21. The van der Waals surface area contributed by atoms with Gasteiger partial charge in [-0.2, -0.15) is 0 Å². The van der Waals surface area contributed by atoms with Gasteiger partial charge in [0.1, 0.15) is 11.5 Å². The van der Waals surface area contributed by atoms with Crippen LogP contribution in [0.4, 0.5) is 4.79 Å². The summed E-state index contributed by atoms with van der Waals surface area (Å²) in [6, 6.07) is 0.143. The maximum atomic E-state index is 13.5. The molecule has 2 amide bonds. The number of methoxy groups -OCH3 is 2. The minimum absolute atomic E-state index is 0.143. The molecule has 2 fully saturated rings. The maximum Gasteiger partial charge on any atom is 0.325 e. The van der Waals surface area contributed by atoms with E-state index >= 15 is 0 Å². The van der Waals surface area contributed by atoms with Crippen LogP contribution in [-0.4, -0.2) is 61.8 Å². The van der Waals surface area contributed by atoms with Crippen LogP contribution in [0.5, 0.6) is 0 Å². The number of rotatable bonds is 3. The van der Waals surface area contributed by atoms with Crippen molar-refractivity contribution >= 4 is 6.03 Å². The third kappa shape index (κ3) is 3.27. The summed E-state index contributed by atoms with van der Waals surface area (Å²) in [7, 11) is 3.40. The van der Waals surface area contributed by atoms with Crippen molar-refractivity contribution in [1.82, 2.24) is 15.1 Å². The van der Waals surface area contributed by atoms with Crippen LogP contribution in [-0.2, 0) is 9.47 Å². The summed E-state index contributed by atoms with van der Waals surface area (Å²) < 4.78 is 11.2. The van der Waals surface area contributed by atoms with Crippen LogP contribution in [0.25, 0.3) is 0 Å². The molecule has 0 saturated carbocycles. The number of nitrogens with one attached hydrogen (secondary N) is 1. The number of allylic oxidation sites excluding steroid dienone is 4. The van der Waals surface area contributed by atoms with E-state index in [9.17, 15) is 4.79 Å². The van der Waals surface area contributed by atoms with Gasteiger partial charge in [-0.25, -0.2) is 4.79 Å². The number of ether oxygens (including phenoxy) is 2. The molecule has 0 unspecified atom stereocenters. The van der Waals surface area contributed by atoms with Crippen LogP contribution < -0.4 is 5.32 Å². The molecule has 2 saturated heterocycles. The Morgan fingerprint density at radius 3 is 2.66 bits per heavy atom. The molecule has 29 heavy (non-hydrogen) atoms. The summed E-state index contributed by atoms with van der Waals surface area (Å²) in [4.78, 5) is 17.7. The van der Waals surface area contributed by atoms with E-state index in [2.05, 4.69) is 36.2 Å². The highest BCUT2D eigenvalue weighted by Crippen LogP contribution is 2.45. The van der Waals surface area contributed by atoms with Crippen molar-refractivity contribution < 1.29 is 14.3 Å². The van der Waals surface area contributed by atoms with Crippen LogP contribution >= 0.6 is 0 Å². The Morgan fingerprint density at radius 1 is 1.24 bits per heavy atom. The van der Waals surface area contributed by atoms with Crippen molar-refractivity contribution in [3.63, 3.8) is 0 Å². The van der Waals surface area contributed by atoms with Gasteiger partial charge in [-0.3, -0.25) is 4.90 Å². The minimum Gasteiger partial charge on any atom is -0.497 e. The maximum absolute atomic E-state index is 13.5. The van der Waals surface area contributed by atoms with E-state index in [1.165, 1.54) is 16.8 Å². The molecule has 4 aliphatic rings. The Labute approximate surface area is 173 Å². The van der Waals surface area contributed by atoms with Gasteiger partial charge in [-0.1, -0.05) is 13.0 Å². The first-order chi connectivity index (χ1) is 14.0. The van der Waals surface area contributed by atoms with Gasteiger partial charge in [0.2, 0.25) is 0 Å². The van der Waals surface area contributed by atoms with Gasteiger partial charge in [0, 0.05) is 24.9 Å². The molecular formula is C23H33N3O3.